The zero-order valence-corrected chi connectivity index (χ0v) is 17.1. The van der Waals surface area contributed by atoms with E-state index >= 15 is 0 Å². The second kappa shape index (κ2) is 7.60. The van der Waals surface area contributed by atoms with Crippen LogP contribution in [0, 0.1) is 6.92 Å². The van der Waals surface area contributed by atoms with Crippen LogP contribution in [0.2, 0.25) is 0 Å². The smallest absolute Gasteiger partial charge is 0.379 e. The van der Waals surface area contributed by atoms with Gasteiger partial charge in [-0.05, 0) is 55.0 Å². The Morgan fingerprint density at radius 1 is 1.17 bits per heavy atom. The summed E-state index contributed by atoms with van der Waals surface area (Å²) >= 11 is 3.41. The van der Waals surface area contributed by atoms with Crippen LogP contribution in [0.4, 0.5) is 0 Å². The van der Waals surface area contributed by atoms with E-state index in [1.807, 2.05) is 12.1 Å². The van der Waals surface area contributed by atoms with Gasteiger partial charge in [0.05, 0.1) is 18.9 Å². The first-order valence-corrected chi connectivity index (χ1v) is 9.43. The van der Waals surface area contributed by atoms with Crippen LogP contribution >= 0.6 is 15.9 Å². The molecule has 1 aliphatic rings. The van der Waals surface area contributed by atoms with Crippen LogP contribution in [-0.2, 0) is 0 Å². The first-order valence-electron chi connectivity index (χ1n) is 8.64. The minimum Gasteiger partial charge on any atom is -0.496 e. The number of methoxy groups -OCH3 is 1. The SMILES string of the molecule is COc1ccc(Br)cc1/C=C1\Oc2cc(OC(=O)c3ccco3)cc(C)c2C1=O. The molecule has 0 radical (unpaired) electrons. The van der Waals surface area contributed by atoms with E-state index < -0.39 is 5.97 Å². The molecule has 146 valence electrons. The van der Waals surface area contributed by atoms with Crippen LogP contribution in [0.1, 0.15) is 32.0 Å². The van der Waals surface area contributed by atoms with Crippen LogP contribution in [0.15, 0.2) is 63.4 Å². The summed E-state index contributed by atoms with van der Waals surface area (Å²) < 4.78 is 22.3. The molecule has 0 N–H and O–H groups in total. The zero-order chi connectivity index (χ0) is 20.5. The van der Waals surface area contributed by atoms with Gasteiger partial charge in [0.25, 0.3) is 0 Å². The van der Waals surface area contributed by atoms with E-state index in [4.69, 9.17) is 18.6 Å². The van der Waals surface area contributed by atoms with Crippen LogP contribution in [0.5, 0.6) is 17.2 Å². The molecule has 2 aromatic carbocycles. The van der Waals surface area contributed by atoms with Crippen LogP contribution < -0.4 is 14.2 Å². The molecule has 0 aliphatic carbocycles. The predicted molar refractivity (Wildman–Crippen MR) is 108 cm³/mol. The largest absolute Gasteiger partial charge is 0.496 e. The average Bonchev–Trinajstić information content (AvgIpc) is 3.31. The third kappa shape index (κ3) is 3.69. The van der Waals surface area contributed by atoms with E-state index in [2.05, 4.69) is 15.9 Å². The standard InChI is InChI=1S/C22H15BrO6/c1-12-8-15(28-22(25)17-4-3-7-27-17)11-18-20(12)21(24)19(29-18)10-13-9-14(23)5-6-16(13)26-2/h3-11H,1-2H3/b19-10-. The highest BCUT2D eigenvalue weighted by atomic mass is 79.9. The van der Waals surface area contributed by atoms with Gasteiger partial charge in [-0.3, -0.25) is 4.79 Å². The summed E-state index contributed by atoms with van der Waals surface area (Å²) in [5, 5.41) is 0. The molecule has 0 amide bonds. The van der Waals surface area contributed by atoms with Gasteiger partial charge in [0.2, 0.25) is 11.5 Å². The quantitative estimate of drug-likeness (QED) is 0.306. The van der Waals surface area contributed by atoms with Gasteiger partial charge in [-0.2, -0.15) is 0 Å². The molecule has 0 unspecified atom stereocenters. The Hall–Kier alpha value is -3.32. The van der Waals surface area contributed by atoms with Gasteiger partial charge in [0.15, 0.2) is 5.76 Å². The zero-order valence-electron chi connectivity index (χ0n) is 15.5. The van der Waals surface area contributed by atoms with Crippen LogP contribution in [0.25, 0.3) is 6.08 Å². The third-order valence-corrected chi connectivity index (χ3v) is 4.85. The molecular formula is C22H15BrO6. The molecule has 3 aromatic rings. The van der Waals surface area contributed by atoms with E-state index in [9.17, 15) is 9.59 Å². The maximum absolute atomic E-state index is 12.9. The molecule has 29 heavy (non-hydrogen) atoms. The number of ether oxygens (including phenoxy) is 3. The molecule has 0 saturated carbocycles. The number of Topliss-reactive ketones (excluding diaryl/α,β-unsaturated/α-hetero) is 1. The van der Waals surface area contributed by atoms with Gasteiger partial charge < -0.3 is 18.6 Å². The van der Waals surface area contributed by atoms with Crippen molar-refractivity contribution in [3.8, 4) is 17.2 Å². The lowest BCUT2D eigenvalue weighted by molar-refractivity contribution is 0.0701. The van der Waals surface area contributed by atoms with Crippen molar-refractivity contribution in [2.24, 2.45) is 0 Å². The topological polar surface area (TPSA) is 75.0 Å². The van der Waals surface area contributed by atoms with Gasteiger partial charge in [0, 0.05) is 16.1 Å². The summed E-state index contributed by atoms with van der Waals surface area (Å²) in [7, 11) is 1.56. The molecule has 4 rings (SSSR count). The molecule has 1 aliphatic heterocycles. The fraction of sp³-hybridized carbons (Fsp3) is 0.0909. The van der Waals surface area contributed by atoms with Crippen molar-refractivity contribution in [1.82, 2.24) is 0 Å². The van der Waals surface area contributed by atoms with Crippen molar-refractivity contribution < 1.29 is 28.2 Å². The third-order valence-electron chi connectivity index (χ3n) is 4.35. The second-order valence-corrected chi connectivity index (χ2v) is 7.22. The number of carbonyl (C=O) groups is 2. The van der Waals surface area contributed by atoms with Crippen molar-refractivity contribution in [2.45, 2.75) is 6.92 Å². The number of benzene rings is 2. The first kappa shape index (κ1) is 19.0. The summed E-state index contributed by atoms with van der Waals surface area (Å²) in [4.78, 5) is 25.0. The second-order valence-electron chi connectivity index (χ2n) is 6.31. The van der Waals surface area contributed by atoms with E-state index in [1.165, 1.54) is 18.4 Å². The monoisotopic (exact) mass is 454 g/mol. The van der Waals surface area contributed by atoms with E-state index in [-0.39, 0.29) is 23.1 Å². The minimum absolute atomic E-state index is 0.0856. The molecule has 0 bridgehead atoms. The minimum atomic E-state index is -0.631. The van der Waals surface area contributed by atoms with Crippen molar-refractivity contribution in [3.63, 3.8) is 0 Å². The molecular weight excluding hydrogens is 440 g/mol. The Labute approximate surface area is 174 Å². The number of esters is 1. The Morgan fingerprint density at radius 2 is 2.00 bits per heavy atom. The van der Waals surface area contributed by atoms with Crippen molar-refractivity contribution in [1.29, 1.82) is 0 Å². The molecule has 7 heteroatoms. The number of halogens is 1. The van der Waals surface area contributed by atoms with E-state index in [1.54, 1.807) is 38.3 Å². The highest BCUT2D eigenvalue weighted by molar-refractivity contribution is 9.10. The Balaban J connectivity index is 1.65. The Bertz CT molecular complexity index is 1140. The first-order chi connectivity index (χ1) is 14.0. The fourth-order valence-electron chi connectivity index (χ4n) is 3.05. The lowest BCUT2D eigenvalue weighted by atomic mass is 10.0. The number of rotatable bonds is 4. The van der Waals surface area contributed by atoms with E-state index in [0.29, 0.717) is 28.2 Å². The number of fused-ring (bicyclic) bond motifs is 1. The Morgan fingerprint density at radius 3 is 2.72 bits per heavy atom. The average molecular weight is 455 g/mol. The predicted octanol–water partition coefficient (Wildman–Crippen LogP) is 5.19. The maximum atomic E-state index is 12.9. The highest BCUT2D eigenvalue weighted by Crippen LogP contribution is 2.38. The summed E-state index contributed by atoms with van der Waals surface area (Å²) in [6.45, 7) is 1.76. The van der Waals surface area contributed by atoms with Gasteiger partial charge in [-0.1, -0.05) is 15.9 Å². The number of carbonyl (C=O) groups excluding carboxylic acids is 2. The number of hydrogen-bond donors (Lipinski definition) is 0. The molecule has 1 aromatic heterocycles. The van der Waals surface area contributed by atoms with Crippen molar-refractivity contribution in [2.75, 3.05) is 7.11 Å². The molecule has 0 spiro atoms. The lowest BCUT2D eigenvalue weighted by Crippen LogP contribution is -2.07. The van der Waals surface area contributed by atoms with Gasteiger partial charge >= 0.3 is 5.97 Å². The lowest BCUT2D eigenvalue weighted by Gasteiger charge is -2.07. The van der Waals surface area contributed by atoms with E-state index in [0.717, 1.165) is 4.47 Å². The molecule has 0 saturated heterocycles. The number of allylic oxidation sites excluding steroid dienone is 1. The van der Waals surface area contributed by atoms with Gasteiger partial charge in [-0.15, -0.1) is 0 Å². The van der Waals surface area contributed by atoms with Crippen LogP contribution in [-0.4, -0.2) is 18.9 Å². The van der Waals surface area contributed by atoms with Gasteiger partial charge in [-0.25, -0.2) is 4.79 Å². The fourth-order valence-corrected chi connectivity index (χ4v) is 3.43. The number of ketones is 1. The molecule has 6 nitrogen and oxygen atoms in total. The summed E-state index contributed by atoms with van der Waals surface area (Å²) in [6, 6.07) is 11.7. The maximum Gasteiger partial charge on any atom is 0.379 e. The van der Waals surface area contributed by atoms with Crippen LogP contribution in [0.3, 0.4) is 0 Å². The summed E-state index contributed by atoms with van der Waals surface area (Å²) in [6.07, 6.45) is 3.01. The number of aryl methyl sites for hydroxylation is 1. The number of furan rings is 1. The van der Waals surface area contributed by atoms with Crippen molar-refractivity contribution in [3.05, 3.63) is 81.4 Å². The number of hydrogen-bond acceptors (Lipinski definition) is 6. The van der Waals surface area contributed by atoms with Gasteiger partial charge in [0.1, 0.15) is 17.2 Å². The Kier molecular flexibility index (Phi) is 4.98. The molecule has 0 atom stereocenters. The molecule has 2 heterocycles. The summed E-state index contributed by atoms with van der Waals surface area (Å²) in [5.74, 6) is 0.570. The summed E-state index contributed by atoms with van der Waals surface area (Å²) in [5.41, 5.74) is 1.77. The molecule has 0 fully saturated rings. The normalized spacial score (nSPS) is 13.9. The van der Waals surface area contributed by atoms with Crippen molar-refractivity contribution >= 4 is 33.8 Å². The highest BCUT2D eigenvalue weighted by Gasteiger charge is 2.30.